The fraction of sp³-hybridized carbons (Fsp3) is 0.829. The van der Waals surface area contributed by atoms with Crippen molar-refractivity contribution in [3.8, 4) is 0 Å². The van der Waals surface area contributed by atoms with Gasteiger partial charge in [0.15, 0.2) is 0 Å². The maximum Gasteiger partial charge on any atom is 0.243 e. The number of nitrogens with one attached hydrogen (secondary N) is 5. The lowest BCUT2D eigenvalue weighted by Crippen LogP contribution is -2.59. The normalized spacial score (nSPS) is 16.1. The molecular weight excluding hydrogens is 618 g/mol. The van der Waals surface area contributed by atoms with Gasteiger partial charge in [0.25, 0.3) is 0 Å². The van der Waals surface area contributed by atoms with E-state index in [0.717, 1.165) is 0 Å². The van der Waals surface area contributed by atoms with E-state index in [-0.39, 0.29) is 54.1 Å². The SMILES string of the molecule is CC(=O)C[C@H](O)[C@H](CC(C)C)NC(=O)[C@H](C)NC(=O)C[C@H](O)[C@H](CC(C)C)NC(=O)[C@@H](NC(=O)[C@@H](NC(=O)CC(C)C)C(C)C)C(C)C. The number of amides is 5. The number of rotatable bonds is 22. The number of carbonyl (C=O) groups excluding carboxylic acids is 6. The van der Waals surface area contributed by atoms with Crippen molar-refractivity contribution in [2.24, 2.45) is 29.6 Å². The van der Waals surface area contributed by atoms with E-state index in [1.54, 1.807) is 27.7 Å². The molecule has 5 amide bonds. The van der Waals surface area contributed by atoms with E-state index in [0.29, 0.717) is 12.8 Å². The van der Waals surface area contributed by atoms with E-state index in [1.807, 2.05) is 41.5 Å². The molecule has 0 heterocycles. The zero-order valence-corrected chi connectivity index (χ0v) is 31.3. The van der Waals surface area contributed by atoms with E-state index in [9.17, 15) is 39.0 Å². The van der Waals surface area contributed by atoms with Crippen LogP contribution in [-0.2, 0) is 28.8 Å². The van der Waals surface area contributed by atoms with Gasteiger partial charge in [-0.15, -0.1) is 0 Å². The number of carbonyl (C=O) groups is 6. The maximum atomic E-state index is 13.5. The first-order valence-electron chi connectivity index (χ1n) is 17.4. The van der Waals surface area contributed by atoms with Gasteiger partial charge in [0, 0.05) is 12.8 Å². The van der Waals surface area contributed by atoms with Crippen molar-refractivity contribution in [1.29, 1.82) is 0 Å². The molecule has 13 nitrogen and oxygen atoms in total. The lowest BCUT2D eigenvalue weighted by atomic mass is 9.95. The summed E-state index contributed by atoms with van der Waals surface area (Å²) in [6.45, 7) is 21.4. The molecule has 0 aromatic rings. The predicted octanol–water partition coefficient (Wildman–Crippen LogP) is 1.97. The van der Waals surface area contributed by atoms with Crippen LogP contribution in [0.5, 0.6) is 0 Å². The lowest BCUT2D eigenvalue weighted by Gasteiger charge is -2.31. The molecular formula is C35H65N5O8. The molecule has 0 aliphatic carbocycles. The lowest BCUT2D eigenvalue weighted by molar-refractivity contribution is -0.134. The Balaban J connectivity index is 5.60. The van der Waals surface area contributed by atoms with Crippen LogP contribution in [0.25, 0.3) is 0 Å². The number of aliphatic hydroxyl groups excluding tert-OH is 2. The van der Waals surface area contributed by atoms with Crippen molar-refractivity contribution >= 4 is 35.3 Å². The smallest absolute Gasteiger partial charge is 0.243 e. The van der Waals surface area contributed by atoms with Gasteiger partial charge in [-0.1, -0.05) is 69.2 Å². The molecule has 0 aliphatic heterocycles. The summed E-state index contributed by atoms with van der Waals surface area (Å²) in [7, 11) is 0. The molecule has 278 valence electrons. The fourth-order valence-electron chi connectivity index (χ4n) is 5.27. The third kappa shape index (κ3) is 17.9. The summed E-state index contributed by atoms with van der Waals surface area (Å²) in [6.07, 6.45) is -1.87. The molecule has 13 heteroatoms. The van der Waals surface area contributed by atoms with E-state index in [1.165, 1.54) is 13.8 Å². The summed E-state index contributed by atoms with van der Waals surface area (Å²) >= 11 is 0. The molecule has 7 N–H and O–H groups in total. The second kappa shape index (κ2) is 21.8. The number of Topliss-reactive ketones (excluding diaryl/α,β-unsaturated/α-hetero) is 1. The van der Waals surface area contributed by atoms with Crippen molar-refractivity contribution in [3.63, 3.8) is 0 Å². The van der Waals surface area contributed by atoms with Gasteiger partial charge in [-0.05, 0) is 56.3 Å². The zero-order chi connectivity index (χ0) is 37.5. The molecule has 7 atom stereocenters. The third-order valence-corrected chi connectivity index (χ3v) is 7.80. The van der Waals surface area contributed by atoms with Crippen molar-refractivity contribution in [3.05, 3.63) is 0 Å². The predicted molar refractivity (Wildman–Crippen MR) is 185 cm³/mol. The number of ketones is 1. The van der Waals surface area contributed by atoms with Gasteiger partial charge in [-0.25, -0.2) is 0 Å². The van der Waals surface area contributed by atoms with Crippen molar-refractivity contribution < 1.29 is 39.0 Å². The molecule has 0 saturated heterocycles. The minimum absolute atomic E-state index is 0.0330. The highest BCUT2D eigenvalue weighted by molar-refractivity contribution is 5.92. The van der Waals surface area contributed by atoms with Crippen LogP contribution in [0.4, 0.5) is 0 Å². The Morgan fingerprint density at radius 2 is 0.875 bits per heavy atom. The van der Waals surface area contributed by atoms with Crippen LogP contribution < -0.4 is 26.6 Å². The van der Waals surface area contributed by atoms with Gasteiger partial charge in [0.05, 0.1) is 30.7 Å². The highest BCUT2D eigenvalue weighted by Crippen LogP contribution is 2.15. The summed E-state index contributed by atoms with van der Waals surface area (Å²) < 4.78 is 0. The van der Waals surface area contributed by atoms with Crippen LogP contribution >= 0.6 is 0 Å². The summed E-state index contributed by atoms with van der Waals surface area (Å²) in [5.74, 6) is -2.96. The van der Waals surface area contributed by atoms with E-state index >= 15 is 0 Å². The Bertz CT molecular complexity index is 1060. The summed E-state index contributed by atoms with van der Waals surface area (Å²) in [5, 5.41) is 35.2. The van der Waals surface area contributed by atoms with Gasteiger partial charge in [-0.2, -0.15) is 0 Å². The molecule has 0 aliphatic rings. The topological polar surface area (TPSA) is 203 Å². The second-order valence-corrected chi connectivity index (χ2v) is 15.1. The second-order valence-electron chi connectivity index (χ2n) is 15.1. The highest BCUT2D eigenvalue weighted by atomic mass is 16.3. The van der Waals surface area contributed by atoms with Crippen LogP contribution in [0.15, 0.2) is 0 Å². The zero-order valence-electron chi connectivity index (χ0n) is 31.3. The summed E-state index contributed by atoms with van der Waals surface area (Å²) in [4.78, 5) is 76.5. The van der Waals surface area contributed by atoms with E-state index < -0.39 is 72.5 Å². The number of hydrogen-bond donors (Lipinski definition) is 7. The van der Waals surface area contributed by atoms with Crippen LogP contribution in [-0.4, -0.2) is 87.9 Å². The molecule has 0 unspecified atom stereocenters. The van der Waals surface area contributed by atoms with Crippen molar-refractivity contribution in [2.75, 3.05) is 0 Å². The van der Waals surface area contributed by atoms with Gasteiger partial charge >= 0.3 is 0 Å². The molecule has 0 bridgehead atoms. The van der Waals surface area contributed by atoms with Crippen LogP contribution in [0.3, 0.4) is 0 Å². The molecule has 0 rings (SSSR count). The molecule has 48 heavy (non-hydrogen) atoms. The summed E-state index contributed by atoms with van der Waals surface area (Å²) in [5.41, 5.74) is 0. The van der Waals surface area contributed by atoms with Crippen LogP contribution in [0.1, 0.15) is 115 Å². The van der Waals surface area contributed by atoms with Crippen molar-refractivity contribution in [2.45, 2.75) is 158 Å². The average molecular weight is 684 g/mol. The molecule has 0 aromatic carbocycles. The monoisotopic (exact) mass is 683 g/mol. The molecule has 0 aromatic heterocycles. The first-order valence-corrected chi connectivity index (χ1v) is 17.4. The van der Waals surface area contributed by atoms with E-state index in [2.05, 4.69) is 26.6 Å². The number of aliphatic hydroxyl groups is 2. The van der Waals surface area contributed by atoms with Gasteiger partial charge in [-0.3, -0.25) is 28.8 Å². The molecule has 0 spiro atoms. The molecule has 0 fully saturated rings. The Kier molecular flexibility index (Phi) is 20.4. The third-order valence-electron chi connectivity index (χ3n) is 7.80. The van der Waals surface area contributed by atoms with Crippen molar-refractivity contribution in [1.82, 2.24) is 26.6 Å². The Morgan fingerprint density at radius 1 is 0.479 bits per heavy atom. The first kappa shape index (κ1) is 44.9. The molecule has 0 saturated carbocycles. The van der Waals surface area contributed by atoms with Gasteiger partial charge < -0.3 is 36.8 Å². The average Bonchev–Trinajstić information content (AvgIpc) is 2.91. The number of hydrogen-bond acceptors (Lipinski definition) is 8. The standard InChI is InChI=1S/C35H65N5O8/c1-18(2)13-25(27(42)16-23(11)41)37-33(46)24(12)36-30(45)17-28(43)26(14-19(3)4)38-34(47)32(22(9)10)40-35(48)31(21(7)8)39-29(44)15-20(5)6/h18-22,24-28,31-32,42-43H,13-17H2,1-12H3,(H,36,45)(H,37,46)(H,38,47)(H,39,44)(H,40,48)/t24-,25-,26-,27-,28-,31-,32-/m0/s1. The quantitative estimate of drug-likeness (QED) is 0.0897. The van der Waals surface area contributed by atoms with Gasteiger partial charge in [0.1, 0.15) is 23.9 Å². The largest absolute Gasteiger partial charge is 0.391 e. The first-order chi connectivity index (χ1) is 22.0. The maximum absolute atomic E-state index is 13.5. The minimum Gasteiger partial charge on any atom is -0.391 e. The molecule has 0 radical (unpaired) electrons. The fourth-order valence-corrected chi connectivity index (χ4v) is 5.27. The van der Waals surface area contributed by atoms with Gasteiger partial charge in [0.2, 0.25) is 29.5 Å². The Labute approximate surface area is 287 Å². The highest BCUT2D eigenvalue weighted by Gasteiger charge is 2.34. The van der Waals surface area contributed by atoms with E-state index in [4.69, 9.17) is 0 Å². The van der Waals surface area contributed by atoms with Crippen LogP contribution in [0.2, 0.25) is 0 Å². The summed E-state index contributed by atoms with van der Waals surface area (Å²) in [6, 6.07) is -4.34. The Morgan fingerprint density at radius 3 is 1.29 bits per heavy atom. The minimum atomic E-state index is -1.31. The Hall–Kier alpha value is -3.06. The van der Waals surface area contributed by atoms with Crippen LogP contribution in [0, 0.1) is 29.6 Å².